The molecule has 2 aliphatic rings. The third-order valence-electron chi connectivity index (χ3n) is 5.56. The third kappa shape index (κ3) is 3.97. The largest absolute Gasteiger partial charge is 0.496 e. The molecular formula is C19H29N3O4S. The topological polar surface area (TPSA) is 79.0 Å². The van der Waals surface area contributed by atoms with Crippen LogP contribution in [0.15, 0.2) is 23.1 Å². The van der Waals surface area contributed by atoms with Crippen LogP contribution in [0.2, 0.25) is 0 Å². The standard InChI is InChI=1S/C19H29N3O4S/c1-4-22(5-2)27(24,25)16-8-9-18(26-3)17(12-16)19(23)21-11-10-14-6-7-15(13-21)20-14/h8-9,12,14-15,20H,4-7,10-11,13H2,1-3H3. The highest BCUT2D eigenvalue weighted by Crippen LogP contribution is 2.28. The van der Waals surface area contributed by atoms with Crippen molar-refractivity contribution in [1.29, 1.82) is 0 Å². The monoisotopic (exact) mass is 395 g/mol. The summed E-state index contributed by atoms with van der Waals surface area (Å²) in [7, 11) is -2.14. The van der Waals surface area contributed by atoms with Crippen molar-refractivity contribution in [3.8, 4) is 5.75 Å². The Morgan fingerprint density at radius 3 is 2.59 bits per heavy atom. The second kappa shape index (κ2) is 8.16. The zero-order chi connectivity index (χ0) is 19.6. The Bertz CT molecular complexity index is 792. The van der Waals surface area contributed by atoms with Gasteiger partial charge in [0.25, 0.3) is 5.91 Å². The predicted octanol–water partition coefficient (Wildman–Crippen LogP) is 1.69. The molecule has 0 radical (unpaired) electrons. The van der Waals surface area contributed by atoms with Crippen LogP contribution in [-0.2, 0) is 10.0 Å². The van der Waals surface area contributed by atoms with Gasteiger partial charge in [-0.25, -0.2) is 8.42 Å². The van der Waals surface area contributed by atoms with Crippen molar-refractivity contribution >= 4 is 15.9 Å². The Morgan fingerprint density at radius 1 is 1.22 bits per heavy atom. The molecule has 3 rings (SSSR count). The average Bonchev–Trinajstić information content (AvgIpc) is 3.00. The van der Waals surface area contributed by atoms with Crippen molar-refractivity contribution in [2.45, 2.75) is 50.1 Å². The molecule has 2 saturated heterocycles. The number of methoxy groups -OCH3 is 1. The summed E-state index contributed by atoms with van der Waals surface area (Å²) in [6.07, 6.45) is 3.15. The molecule has 0 saturated carbocycles. The zero-order valence-electron chi connectivity index (χ0n) is 16.3. The van der Waals surface area contributed by atoms with E-state index in [-0.39, 0.29) is 10.8 Å². The van der Waals surface area contributed by atoms with E-state index in [1.165, 1.54) is 23.5 Å². The maximum atomic E-state index is 13.2. The first kappa shape index (κ1) is 20.1. The Morgan fingerprint density at radius 2 is 1.93 bits per heavy atom. The summed E-state index contributed by atoms with van der Waals surface area (Å²) in [5.74, 6) is 0.235. The van der Waals surface area contributed by atoms with Crippen LogP contribution >= 0.6 is 0 Å². The quantitative estimate of drug-likeness (QED) is 0.793. The summed E-state index contributed by atoms with van der Waals surface area (Å²) in [6.45, 7) is 5.69. The van der Waals surface area contributed by atoms with Crippen molar-refractivity contribution in [2.24, 2.45) is 0 Å². The van der Waals surface area contributed by atoms with Gasteiger partial charge in [-0.3, -0.25) is 4.79 Å². The van der Waals surface area contributed by atoms with E-state index >= 15 is 0 Å². The van der Waals surface area contributed by atoms with Crippen molar-refractivity contribution in [3.63, 3.8) is 0 Å². The number of amides is 1. The molecule has 1 amide bonds. The van der Waals surface area contributed by atoms with Crippen LogP contribution in [0.4, 0.5) is 0 Å². The molecule has 1 N–H and O–H groups in total. The van der Waals surface area contributed by atoms with E-state index in [9.17, 15) is 13.2 Å². The molecule has 8 heteroatoms. The number of sulfonamides is 1. The fraction of sp³-hybridized carbons (Fsp3) is 0.632. The van der Waals surface area contributed by atoms with Gasteiger partial charge in [-0.15, -0.1) is 0 Å². The van der Waals surface area contributed by atoms with Gasteiger partial charge in [-0.2, -0.15) is 4.31 Å². The van der Waals surface area contributed by atoms with Gasteiger partial charge in [0.2, 0.25) is 10.0 Å². The van der Waals surface area contributed by atoms with Crippen LogP contribution in [0.25, 0.3) is 0 Å². The molecular weight excluding hydrogens is 366 g/mol. The van der Waals surface area contributed by atoms with Crippen LogP contribution in [0.1, 0.15) is 43.5 Å². The SMILES string of the molecule is CCN(CC)S(=O)(=O)c1ccc(OC)c(C(=O)N2CCC3CCC(C2)N3)c1. The van der Waals surface area contributed by atoms with Crippen molar-refractivity contribution in [3.05, 3.63) is 23.8 Å². The highest BCUT2D eigenvalue weighted by molar-refractivity contribution is 7.89. The van der Waals surface area contributed by atoms with E-state index < -0.39 is 10.0 Å². The lowest BCUT2D eigenvalue weighted by molar-refractivity contribution is 0.0744. The summed E-state index contributed by atoms with van der Waals surface area (Å²) in [6, 6.07) is 5.34. The maximum Gasteiger partial charge on any atom is 0.257 e. The fourth-order valence-corrected chi connectivity index (χ4v) is 5.51. The minimum Gasteiger partial charge on any atom is -0.496 e. The molecule has 0 spiro atoms. The summed E-state index contributed by atoms with van der Waals surface area (Å²) >= 11 is 0. The van der Waals surface area contributed by atoms with Gasteiger partial charge in [0.05, 0.1) is 17.6 Å². The molecule has 2 aliphatic heterocycles. The molecule has 2 heterocycles. The molecule has 7 nitrogen and oxygen atoms in total. The number of hydrogen-bond donors (Lipinski definition) is 1. The van der Waals surface area contributed by atoms with E-state index in [0.29, 0.717) is 49.6 Å². The van der Waals surface area contributed by atoms with Gasteiger partial charge in [0, 0.05) is 38.3 Å². The Labute approximate surface area is 161 Å². The van der Waals surface area contributed by atoms with E-state index in [1.54, 1.807) is 19.9 Å². The van der Waals surface area contributed by atoms with Gasteiger partial charge in [-0.1, -0.05) is 13.8 Å². The van der Waals surface area contributed by atoms with E-state index in [2.05, 4.69) is 5.32 Å². The minimum absolute atomic E-state index is 0.129. The molecule has 2 bridgehead atoms. The number of nitrogens with zero attached hydrogens (tertiary/aromatic N) is 2. The second-order valence-electron chi connectivity index (χ2n) is 7.13. The fourth-order valence-electron chi connectivity index (χ4n) is 4.03. The Kier molecular flexibility index (Phi) is 6.08. The van der Waals surface area contributed by atoms with Gasteiger partial charge in [0.15, 0.2) is 0 Å². The van der Waals surface area contributed by atoms with Gasteiger partial charge in [0.1, 0.15) is 5.75 Å². The molecule has 0 aliphatic carbocycles. The number of fused-ring (bicyclic) bond motifs is 2. The molecule has 2 atom stereocenters. The third-order valence-corrected chi connectivity index (χ3v) is 7.60. The van der Waals surface area contributed by atoms with Crippen LogP contribution < -0.4 is 10.1 Å². The number of ether oxygens (including phenoxy) is 1. The normalized spacial score (nSPS) is 22.7. The van der Waals surface area contributed by atoms with Crippen molar-refractivity contribution in [2.75, 3.05) is 33.3 Å². The summed E-state index contributed by atoms with van der Waals surface area (Å²) in [4.78, 5) is 15.2. The number of nitrogens with one attached hydrogen (secondary N) is 1. The van der Waals surface area contributed by atoms with E-state index in [4.69, 9.17) is 4.74 Å². The van der Waals surface area contributed by atoms with Crippen molar-refractivity contribution < 1.29 is 17.9 Å². The number of carbonyl (C=O) groups is 1. The molecule has 150 valence electrons. The number of hydrogen-bond acceptors (Lipinski definition) is 5. The average molecular weight is 396 g/mol. The summed E-state index contributed by atoms with van der Waals surface area (Å²) in [5, 5.41) is 3.56. The first-order valence-corrected chi connectivity index (χ1v) is 11.1. The molecule has 0 aromatic heterocycles. The molecule has 2 fully saturated rings. The highest BCUT2D eigenvalue weighted by atomic mass is 32.2. The van der Waals surface area contributed by atoms with Gasteiger partial charge in [-0.05, 0) is 37.5 Å². The summed E-state index contributed by atoms with van der Waals surface area (Å²) in [5.41, 5.74) is 0.309. The molecule has 1 aromatic rings. The van der Waals surface area contributed by atoms with Gasteiger partial charge >= 0.3 is 0 Å². The van der Waals surface area contributed by atoms with E-state index in [0.717, 1.165) is 19.3 Å². The number of likely N-dealkylation sites (tertiary alicyclic amines) is 1. The van der Waals surface area contributed by atoms with Gasteiger partial charge < -0.3 is 15.0 Å². The second-order valence-corrected chi connectivity index (χ2v) is 9.07. The highest BCUT2D eigenvalue weighted by Gasteiger charge is 2.33. The lowest BCUT2D eigenvalue weighted by Crippen LogP contribution is -2.39. The zero-order valence-corrected chi connectivity index (χ0v) is 17.1. The van der Waals surface area contributed by atoms with Crippen LogP contribution in [0, 0.1) is 0 Å². The Balaban J connectivity index is 1.93. The smallest absolute Gasteiger partial charge is 0.257 e. The maximum absolute atomic E-state index is 13.2. The molecule has 1 aromatic carbocycles. The number of carbonyl (C=O) groups excluding carboxylic acids is 1. The lowest BCUT2D eigenvalue weighted by atomic mass is 10.1. The number of rotatable bonds is 6. The van der Waals surface area contributed by atoms with E-state index in [1.807, 2.05) is 4.90 Å². The van der Waals surface area contributed by atoms with Crippen LogP contribution in [-0.4, -0.2) is 68.9 Å². The predicted molar refractivity (Wildman–Crippen MR) is 104 cm³/mol. The minimum atomic E-state index is -3.63. The summed E-state index contributed by atoms with van der Waals surface area (Å²) < 4.78 is 32.5. The van der Waals surface area contributed by atoms with Crippen LogP contribution in [0.3, 0.4) is 0 Å². The van der Waals surface area contributed by atoms with Crippen molar-refractivity contribution in [1.82, 2.24) is 14.5 Å². The number of benzene rings is 1. The molecule has 2 unspecified atom stereocenters. The Hall–Kier alpha value is -1.64. The lowest BCUT2D eigenvalue weighted by Gasteiger charge is -2.25. The first-order chi connectivity index (χ1) is 12.9. The van der Waals surface area contributed by atoms with Crippen LogP contribution in [0.5, 0.6) is 5.75 Å². The molecule has 27 heavy (non-hydrogen) atoms. The first-order valence-electron chi connectivity index (χ1n) is 9.64.